The van der Waals surface area contributed by atoms with Gasteiger partial charge in [0.2, 0.25) is 0 Å². The van der Waals surface area contributed by atoms with Gasteiger partial charge in [-0.1, -0.05) is 66.7 Å². The van der Waals surface area contributed by atoms with Crippen molar-refractivity contribution >= 4 is 16.7 Å². The van der Waals surface area contributed by atoms with E-state index in [1.807, 2.05) is 38.1 Å². The van der Waals surface area contributed by atoms with Crippen LogP contribution in [0.1, 0.15) is 63.5 Å². The lowest BCUT2D eigenvalue weighted by atomic mass is 9.82. The third-order valence-corrected chi connectivity index (χ3v) is 7.35. The number of carboxylic acids is 1. The number of aryl methyl sites for hydroxylation is 1. The maximum absolute atomic E-state index is 11.9. The van der Waals surface area contributed by atoms with Crippen LogP contribution in [0.25, 0.3) is 10.8 Å². The fourth-order valence-corrected chi connectivity index (χ4v) is 5.29. The van der Waals surface area contributed by atoms with E-state index < -0.39 is 5.97 Å². The summed E-state index contributed by atoms with van der Waals surface area (Å²) in [6.45, 7) is 6.76. The van der Waals surface area contributed by atoms with Gasteiger partial charge in [-0.3, -0.25) is 0 Å². The topological polar surface area (TPSA) is 58.6 Å². The molecule has 0 aliphatic carbocycles. The Balaban J connectivity index is 1.41. The van der Waals surface area contributed by atoms with Crippen molar-refractivity contribution in [3.05, 3.63) is 112 Å². The highest BCUT2D eigenvalue weighted by Gasteiger charge is 2.30. The molecule has 1 heterocycles. The Hall–Kier alpha value is -3.63. The van der Waals surface area contributed by atoms with Crippen LogP contribution >= 0.6 is 0 Å². The van der Waals surface area contributed by atoms with E-state index in [0.29, 0.717) is 12.1 Å². The number of aromatic carboxylic acids is 1. The van der Waals surface area contributed by atoms with E-state index in [2.05, 4.69) is 66.8 Å². The van der Waals surface area contributed by atoms with Crippen molar-refractivity contribution in [1.82, 2.24) is 5.32 Å². The van der Waals surface area contributed by atoms with E-state index in [0.717, 1.165) is 34.4 Å². The second-order valence-corrected chi connectivity index (χ2v) is 9.58. The van der Waals surface area contributed by atoms with Crippen molar-refractivity contribution in [2.75, 3.05) is 6.54 Å². The molecule has 4 heteroatoms. The number of fused-ring (bicyclic) bond motifs is 2. The third-order valence-electron chi connectivity index (χ3n) is 7.35. The first-order valence-corrected chi connectivity index (χ1v) is 12.2. The summed E-state index contributed by atoms with van der Waals surface area (Å²) in [6, 6.07) is 27.2. The van der Waals surface area contributed by atoms with Crippen molar-refractivity contribution < 1.29 is 14.6 Å². The van der Waals surface area contributed by atoms with Crippen LogP contribution < -0.4 is 10.1 Å². The summed E-state index contributed by atoms with van der Waals surface area (Å²) in [5.41, 5.74) is 5.63. The van der Waals surface area contributed by atoms with Gasteiger partial charge in [0.05, 0.1) is 5.56 Å². The zero-order valence-electron chi connectivity index (χ0n) is 20.4. The second-order valence-electron chi connectivity index (χ2n) is 9.58. The number of carboxylic acid groups (broad SMARTS) is 1. The molecule has 0 spiro atoms. The zero-order chi connectivity index (χ0) is 24.5. The number of rotatable bonds is 6. The van der Waals surface area contributed by atoms with E-state index in [4.69, 9.17) is 4.74 Å². The van der Waals surface area contributed by atoms with Crippen LogP contribution in [-0.2, 0) is 0 Å². The summed E-state index contributed by atoms with van der Waals surface area (Å²) in [4.78, 5) is 11.9. The minimum Gasteiger partial charge on any atom is -0.489 e. The van der Waals surface area contributed by atoms with Gasteiger partial charge in [-0.15, -0.1) is 0 Å². The highest BCUT2D eigenvalue weighted by Crippen LogP contribution is 2.41. The van der Waals surface area contributed by atoms with E-state index in [1.54, 1.807) is 0 Å². The van der Waals surface area contributed by atoms with Crippen LogP contribution in [0.3, 0.4) is 0 Å². The molecule has 4 aromatic rings. The Morgan fingerprint density at radius 2 is 1.77 bits per heavy atom. The molecular formula is C31H31NO3. The molecule has 1 aliphatic heterocycles. The first-order valence-electron chi connectivity index (χ1n) is 12.2. The molecule has 3 atom stereocenters. The van der Waals surface area contributed by atoms with E-state index >= 15 is 0 Å². The Kier molecular flexibility index (Phi) is 6.31. The van der Waals surface area contributed by atoms with Crippen LogP contribution in [0.4, 0.5) is 0 Å². The number of para-hydroxylation sites is 1. The molecule has 0 unspecified atom stereocenters. The molecule has 0 saturated heterocycles. The van der Waals surface area contributed by atoms with Gasteiger partial charge < -0.3 is 15.2 Å². The van der Waals surface area contributed by atoms with Crippen LogP contribution in [0, 0.1) is 13.8 Å². The van der Waals surface area contributed by atoms with Gasteiger partial charge in [-0.2, -0.15) is 0 Å². The van der Waals surface area contributed by atoms with Gasteiger partial charge >= 0.3 is 5.97 Å². The van der Waals surface area contributed by atoms with E-state index in [-0.39, 0.29) is 18.1 Å². The van der Waals surface area contributed by atoms with Crippen molar-refractivity contribution in [2.45, 2.75) is 45.3 Å². The SMILES string of the molecule is Cc1cc([C@@H]2C[C@H](CN[C@H](C)c3cccc4ccccc34)Oc3ccccc32)cc(C(=O)O)c1C. The highest BCUT2D eigenvalue weighted by molar-refractivity contribution is 5.90. The molecule has 0 fully saturated rings. The lowest BCUT2D eigenvalue weighted by Gasteiger charge is -2.34. The molecule has 1 aliphatic rings. The Bertz CT molecular complexity index is 1390. The highest BCUT2D eigenvalue weighted by atomic mass is 16.5. The summed E-state index contributed by atoms with van der Waals surface area (Å²) in [6.07, 6.45) is 0.760. The Morgan fingerprint density at radius 3 is 2.60 bits per heavy atom. The van der Waals surface area contributed by atoms with Crippen molar-refractivity contribution in [3.8, 4) is 5.75 Å². The summed E-state index contributed by atoms with van der Waals surface area (Å²) in [5.74, 6) is 0.0791. The fraction of sp³-hybridized carbons (Fsp3) is 0.258. The normalized spacial score (nSPS) is 18.0. The maximum Gasteiger partial charge on any atom is 0.335 e. The van der Waals surface area contributed by atoms with E-state index in [1.165, 1.54) is 16.3 Å². The first kappa shape index (κ1) is 23.1. The lowest BCUT2D eigenvalue weighted by molar-refractivity contribution is 0.0696. The fourth-order valence-electron chi connectivity index (χ4n) is 5.29. The van der Waals surface area contributed by atoms with Gasteiger partial charge in [0.25, 0.3) is 0 Å². The first-order chi connectivity index (χ1) is 16.9. The number of hydrogen-bond donors (Lipinski definition) is 2. The van der Waals surface area contributed by atoms with Crippen LogP contribution in [0.15, 0.2) is 78.9 Å². The minimum atomic E-state index is -0.880. The van der Waals surface area contributed by atoms with Crippen molar-refractivity contribution in [3.63, 3.8) is 0 Å². The largest absolute Gasteiger partial charge is 0.489 e. The van der Waals surface area contributed by atoms with E-state index in [9.17, 15) is 9.90 Å². The van der Waals surface area contributed by atoms with Crippen LogP contribution in [0.5, 0.6) is 5.75 Å². The number of nitrogens with one attached hydrogen (secondary N) is 1. The average molecular weight is 466 g/mol. The second kappa shape index (κ2) is 9.55. The summed E-state index contributed by atoms with van der Waals surface area (Å²) < 4.78 is 6.41. The molecule has 0 aromatic heterocycles. The monoisotopic (exact) mass is 465 g/mol. The van der Waals surface area contributed by atoms with Crippen LogP contribution in [-0.4, -0.2) is 23.7 Å². The molecule has 4 aromatic carbocycles. The van der Waals surface area contributed by atoms with Gasteiger partial charge in [0, 0.05) is 24.1 Å². The van der Waals surface area contributed by atoms with Gasteiger partial charge in [-0.25, -0.2) is 4.79 Å². The molecular weight excluding hydrogens is 434 g/mol. The standard InChI is InChI=1S/C31H31NO3/c1-19-15-23(16-28(20(19)2)31(33)34)29-17-24(35-30-14-7-6-12-27(29)30)18-32-21(3)25-13-8-10-22-9-4-5-11-26(22)25/h4-16,21,24,29,32H,17-18H2,1-3H3,(H,33,34)/t21-,24-,29+/m1/s1. The number of ether oxygens (including phenoxy) is 1. The molecule has 5 rings (SSSR count). The molecule has 35 heavy (non-hydrogen) atoms. The third kappa shape index (κ3) is 4.54. The predicted molar refractivity (Wildman–Crippen MR) is 141 cm³/mol. The van der Waals surface area contributed by atoms with Gasteiger partial charge in [0.1, 0.15) is 11.9 Å². The quantitative estimate of drug-likeness (QED) is 0.329. The molecule has 178 valence electrons. The summed E-state index contributed by atoms with van der Waals surface area (Å²) in [5, 5.41) is 16.0. The van der Waals surface area contributed by atoms with Crippen molar-refractivity contribution in [1.29, 1.82) is 0 Å². The minimum absolute atomic E-state index is 0.0257. The summed E-state index contributed by atoms with van der Waals surface area (Å²) >= 11 is 0. The maximum atomic E-state index is 11.9. The number of hydrogen-bond acceptors (Lipinski definition) is 3. The van der Waals surface area contributed by atoms with Gasteiger partial charge in [-0.05, 0) is 72.4 Å². The number of carbonyl (C=O) groups is 1. The Labute approximate surface area is 206 Å². The average Bonchev–Trinajstić information content (AvgIpc) is 2.87. The van der Waals surface area contributed by atoms with Gasteiger partial charge in [0.15, 0.2) is 0 Å². The molecule has 4 nitrogen and oxygen atoms in total. The lowest BCUT2D eigenvalue weighted by Crippen LogP contribution is -2.37. The molecule has 0 bridgehead atoms. The number of benzene rings is 4. The zero-order valence-corrected chi connectivity index (χ0v) is 20.4. The molecule has 0 radical (unpaired) electrons. The van der Waals surface area contributed by atoms with Crippen LogP contribution in [0.2, 0.25) is 0 Å². The molecule has 0 saturated carbocycles. The smallest absolute Gasteiger partial charge is 0.335 e. The summed E-state index contributed by atoms with van der Waals surface area (Å²) in [7, 11) is 0. The van der Waals surface area contributed by atoms with Crippen molar-refractivity contribution in [2.24, 2.45) is 0 Å². The predicted octanol–water partition coefficient (Wildman–Crippen LogP) is 6.79. The Morgan fingerprint density at radius 1 is 1.03 bits per heavy atom. The molecule has 2 N–H and O–H groups in total. The molecule has 0 amide bonds.